The second-order valence-corrected chi connectivity index (χ2v) is 5.81. The van der Waals surface area contributed by atoms with Crippen molar-refractivity contribution < 1.29 is 9.18 Å². The minimum Gasteiger partial charge on any atom is -0.298 e. The highest BCUT2D eigenvalue weighted by atomic mass is 19.1. The first-order chi connectivity index (χ1) is 10.7. The smallest absolute Gasteiger partial charge is 0.167 e. The zero-order valence-corrected chi connectivity index (χ0v) is 12.4. The van der Waals surface area contributed by atoms with Crippen molar-refractivity contribution in [1.82, 2.24) is 9.88 Å². The van der Waals surface area contributed by atoms with Crippen LogP contribution in [0, 0.1) is 11.7 Å². The Morgan fingerprint density at radius 3 is 2.82 bits per heavy atom. The Bertz CT molecular complexity index is 627. The lowest BCUT2D eigenvalue weighted by atomic mass is 9.90. The Kier molecular flexibility index (Phi) is 4.59. The molecule has 0 amide bonds. The van der Waals surface area contributed by atoms with Crippen LogP contribution in [0.2, 0.25) is 0 Å². The van der Waals surface area contributed by atoms with E-state index in [0.29, 0.717) is 5.56 Å². The second-order valence-electron chi connectivity index (χ2n) is 5.81. The molecular formula is C18H19FN2O. The summed E-state index contributed by atoms with van der Waals surface area (Å²) in [5.74, 6) is -0.190. The number of ketones is 1. The molecule has 1 unspecified atom stereocenters. The van der Waals surface area contributed by atoms with E-state index in [0.717, 1.165) is 38.0 Å². The molecule has 22 heavy (non-hydrogen) atoms. The van der Waals surface area contributed by atoms with Crippen LogP contribution in [0.5, 0.6) is 0 Å². The zero-order chi connectivity index (χ0) is 15.4. The molecular weight excluding hydrogens is 279 g/mol. The highest BCUT2D eigenvalue weighted by Crippen LogP contribution is 2.22. The third-order valence-corrected chi connectivity index (χ3v) is 4.13. The van der Waals surface area contributed by atoms with Crippen molar-refractivity contribution >= 4 is 5.78 Å². The maximum Gasteiger partial charge on any atom is 0.167 e. The summed E-state index contributed by atoms with van der Waals surface area (Å²) in [6.45, 7) is 2.58. The van der Waals surface area contributed by atoms with Crippen LogP contribution in [-0.4, -0.2) is 28.8 Å². The quantitative estimate of drug-likeness (QED) is 0.812. The fourth-order valence-corrected chi connectivity index (χ4v) is 3.01. The third kappa shape index (κ3) is 3.57. The molecule has 1 atom stereocenters. The van der Waals surface area contributed by atoms with Crippen LogP contribution in [0.3, 0.4) is 0 Å². The number of hydrogen-bond donors (Lipinski definition) is 0. The summed E-state index contributed by atoms with van der Waals surface area (Å²) in [6.07, 6.45) is 5.55. The molecule has 0 aliphatic carbocycles. The summed E-state index contributed by atoms with van der Waals surface area (Å²) in [5, 5.41) is 0. The van der Waals surface area contributed by atoms with Crippen LogP contribution in [0.4, 0.5) is 4.39 Å². The largest absolute Gasteiger partial charge is 0.298 e. The van der Waals surface area contributed by atoms with Gasteiger partial charge in [-0.1, -0.05) is 6.07 Å². The number of likely N-dealkylation sites (tertiary alicyclic amines) is 1. The van der Waals surface area contributed by atoms with E-state index in [9.17, 15) is 9.18 Å². The average Bonchev–Trinajstić information content (AvgIpc) is 2.56. The molecule has 0 radical (unpaired) electrons. The SMILES string of the molecule is O=C(c1ccc(F)cc1)C1CCCN(Cc2cccnc2)C1. The van der Waals surface area contributed by atoms with E-state index in [4.69, 9.17) is 0 Å². The second kappa shape index (κ2) is 6.79. The van der Waals surface area contributed by atoms with Gasteiger partial charge in [-0.2, -0.15) is 0 Å². The van der Waals surface area contributed by atoms with Gasteiger partial charge in [0.25, 0.3) is 0 Å². The van der Waals surface area contributed by atoms with E-state index in [1.54, 1.807) is 18.3 Å². The van der Waals surface area contributed by atoms with E-state index in [2.05, 4.69) is 16.0 Å². The first-order valence-corrected chi connectivity index (χ1v) is 7.63. The number of carbonyl (C=O) groups excluding carboxylic acids is 1. The van der Waals surface area contributed by atoms with Crippen molar-refractivity contribution in [3.8, 4) is 0 Å². The van der Waals surface area contributed by atoms with Gasteiger partial charge in [0.2, 0.25) is 0 Å². The van der Waals surface area contributed by atoms with E-state index >= 15 is 0 Å². The molecule has 0 N–H and O–H groups in total. The van der Waals surface area contributed by atoms with Crippen LogP contribution in [0.15, 0.2) is 48.8 Å². The number of piperidine rings is 1. The number of aromatic nitrogens is 1. The lowest BCUT2D eigenvalue weighted by Crippen LogP contribution is -2.38. The summed E-state index contributed by atoms with van der Waals surface area (Å²) >= 11 is 0. The van der Waals surface area contributed by atoms with Gasteiger partial charge in [-0.15, -0.1) is 0 Å². The molecule has 1 aliphatic heterocycles. The Balaban J connectivity index is 1.65. The van der Waals surface area contributed by atoms with Crippen molar-refractivity contribution in [3.63, 3.8) is 0 Å². The molecule has 4 heteroatoms. The Morgan fingerprint density at radius 2 is 2.09 bits per heavy atom. The summed E-state index contributed by atoms with van der Waals surface area (Å²) < 4.78 is 13.0. The number of rotatable bonds is 4. The van der Waals surface area contributed by atoms with Crippen LogP contribution < -0.4 is 0 Å². The minimum absolute atomic E-state index is 0.00381. The maximum atomic E-state index is 13.0. The fraction of sp³-hybridized carbons (Fsp3) is 0.333. The molecule has 114 valence electrons. The van der Waals surface area contributed by atoms with Gasteiger partial charge in [0, 0.05) is 37.0 Å². The highest BCUT2D eigenvalue weighted by Gasteiger charge is 2.26. The third-order valence-electron chi connectivity index (χ3n) is 4.13. The van der Waals surface area contributed by atoms with Gasteiger partial charge >= 0.3 is 0 Å². The Labute approximate surface area is 129 Å². The standard InChI is InChI=1S/C18H19FN2O/c19-17-7-5-15(6-8-17)18(22)16-4-2-10-21(13-16)12-14-3-1-9-20-11-14/h1,3,5-9,11,16H,2,4,10,12-13H2. The molecule has 1 saturated heterocycles. The number of pyridine rings is 1. The van der Waals surface area contributed by atoms with Crippen molar-refractivity contribution in [3.05, 3.63) is 65.7 Å². The summed E-state index contributed by atoms with van der Waals surface area (Å²) in [5.41, 5.74) is 1.77. The van der Waals surface area contributed by atoms with Gasteiger partial charge in [0.1, 0.15) is 5.82 Å². The van der Waals surface area contributed by atoms with Gasteiger partial charge in [0.05, 0.1) is 0 Å². The normalized spacial score (nSPS) is 19.0. The van der Waals surface area contributed by atoms with E-state index < -0.39 is 0 Å². The molecule has 1 fully saturated rings. The maximum absolute atomic E-state index is 13.0. The molecule has 0 spiro atoms. The summed E-state index contributed by atoms with van der Waals surface area (Å²) in [6, 6.07) is 9.85. The van der Waals surface area contributed by atoms with Gasteiger partial charge in [-0.3, -0.25) is 14.7 Å². The predicted molar refractivity (Wildman–Crippen MR) is 83.0 cm³/mol. The molecule has 2 aromatic rings. The molecule has 1 aromatic carbocycles. The Morgan fingerprint density at radius 1 is 1.27 bits per heavy atom. The van der Waals surface area contributed by atoms with Crippen LogP contribution in [-0.2, 0) is 6.54 Å². The first-order valence-electron chi connectivity index (χ1n) is 7.63. The minimum atomic E-state index is -0.307. The molecule has 1 aliphatic rings. The van der Waals surface area contributed by atoms with Crippen molar-refractivity contribution in [2.24, 2.45) is 5.92 Å². The molecule has 2 heterocycles. The molecule has 0 bridgehead atoms. The van der Waals surface area contributed by atoms with Crippen LogP contribution in [0.1, 0.15) is 28.8 Å². The number of hydrogen-bond acceptors (Lipinski definition) is 3. The van der Waals surface area contributed by atoms with Gasteiger partial charge in [-0.25, -0.2) is 4.39 Å². The monoisotopic (exact) mass is 298 g/mol. The van der Waals surface area contributed by atoms with Gasteiger partial charge in [-0.05, 0) is 55.3 Å². The summed E-state index contributed by atoms with van der Waals surface area (Å²) in [4.78, 5) is 19.0. The van der Waals surface area contributed by atoms with Crippen LogP contribution in [0.25, 0.3) is 0 Å². The number of benzene rings is 1. The van der Waals surface area contributed by atoms with Crippen molar-refractivity contribution in [2.45, 2.75) is 19.4 Å². The van der Waals surface area contributed by atoms with Crippen molar-refractivity contribution in [2.75, 3.05) is 13.1 Å². The van der Waals surface area contributed by atoms with Gasteiger partial charge < -0.3 is 0 Å². The lowest BCUT2D eigenvalue weighted by Gasteiger charge is -2.32. The zero-order valence-electron chi connectivity index (χ0n) is 12.4. The Hall–Kier alpha value is -2.07. The summed E-state index contributed by atoms with van der Waals surface area (Å²) in [7, 11) is 0. The highest BCUT2D eigenvalue weighted by molar-refractivity contribution is 5.98. The topological polar surface area (TPSA) is 33.2 Å². The molecule has 1 aromatic heterocycles. The van der Waals surface area contributed by atoms with E-state index in [1.807, 2.05) is 12.3 Å². The lowest BCUT2D eigenvalue weighted by molar-refractivity contribution is 0.0811. The number of halogens is 1. The predicted octanol–water partition coefficient (Wildman–Crippen LogP) is 3.32. The molecule has 3 nitrogen and oxygen atoms in total. The van der Waals surface area contributed by atoms with E-state index in [-0.39, 0.29) is 17.5 Å². The van der Waals surface area contributed by atoms with Gasteiger partial charge in [0.15, 0.2) is 5.78 Å². The number of Topliss-reactive ketones (excluding diaryl/α,β-unsaturated/α-hetero) is 1. The van der Waals surface area contributed by atoms with Crippen LogP contribution >= 0.6 is 0 Å². The molecule has 3 rings (SSSR count). The average molecular weight is 298 g/mol. The number of nitrogens with zero attached hydrogens (tertiary/aromatic N) is 2. The first kappa shape index (κ1) is 14.9. The van der Waals surface area contributed by atoms with Crippen molar-refractivity contribution in [1.29, 1.82) is 0 Å². The molecule has 0 saturated carbocycles. The fourth-order valence-electron chi connectivity index (χ4n) is 3.01. The number of carbonyl (C=O) groups is 1. The van der Waals surface area contributed by atoms with E-state index in [1.165, 1.54) is 12.1 Å².